The molecule has 35 heavy (non-hydrogen) atoms. The molecule has 2 aliphatic rings. The number of nitro groups is 1. The fourth-order valence-corrected chi connectivity index (χ4v) is 5.34. The van der Waals surface area contributed by atoms with E-state index in [2.05, 4.69) is 0 Å². The molecule has 0 N–H and O–H groups in total. The van der Waals surface area contributed by atoms with Crippen LogP contribution in [0.2, 0.25) is 0 Å². The molecule has 176 valence electrons. The van der Waals surface area contributed by atoms with E-state index in [1.807, 2.05) is 0 Å². The number of ether oxygens (including phenoxy) is 2. The van der Waals surface area contributed by atoms with E-state index >= 15 is 0 Å². The summed E-state index contributed by atoms with van der Waals surface area (Å²) < 4.78 is 24.5. The lowest BCUT2D eigenvalue weighted by molar-refractivity contribution is -0.384. The number of para-hydroxylation sites is 1. The van der Waals surface area contributed by atoms with Crippen LogP contribution >= 0.6 is 0 Å². The Hall–Kier alpha value is -4.40. The summed E-state index contributed by atoms with van der Waals surface area (Å²) in [5, 5.41) is 10.9. The molecule has 0 spiro atoms. The number of hydrogen-bond acceptors (Lipinski definition) is 7. The standard InChI is InChI=1S/C26H18FNO7/c1-2-25(22(29)15-7-9-16(27)10-8-15)21-19-5-3-4-6-20(19)35-24(31)26(21,25)23(30)34-18-13-11-17(12-14-18)28(32)33/h3-14,21H,2H2,1H3/t21-,25-,26-/m1/s1. The van der Waals surface area contributed by atoms with Crippen LogP contribution < -0.4 is 9.47 Å². The zero-order chi connectivity index (χ0) is 25.0. The molecule has 1 saturated carbocycles. The van der Waals surface area contributed by atoms with Gasteiger partial charge in [0, 0.05) is 29.2 Å². The predicted molar refractivity (Wildman–Crippen MR) is 119 cm³/mol. The van der Waals surface area contributed by atoms with Gasteiger partial charge in [0.25, 0.3) is 5.69 Å². The quantitative estimate of drug-likeness (QED) is 0.128. The normalized spacial score (nSPS) is 23.9. The van der Waals surface area contributed by atoms with Crippen LogP contribution in [0.1, 0.15) is 35.2 Å². The van der Waals surface area contributed by atoms with Crippen LogP contribution in [-0.4, -0.2) is 22.6 Å². The van der Waals surface area contributed by atoms with E-state index in [1.54, 1.807) is 31.2 Å². The highest BCUT2D eigenvalue weighted by atomic mass is 19.1. The molecule has 0 bridgehead atoms. The highest BCUT2D eigenvalue weighted by molar-refractivity contribution is 6.20. The topological polar surface area (TPSA) is 113 Å². The van der Waals surface area contributed by atoms with E-state index in [-0.39, 0.29) is 29.2 Å². The fourth-order valence-electron chi connectivity index (χ4n) is 5.34. The van der Waals surface area contributed by atoms with E-state index < -0.39 is 45.2 Å². The predicted octanol–water partition coefficient (Wildman–Crippen LogP) is 4.62. The molecule has 0 unspecified atom stereocenters. The highest BCUT2D eigenvalue weighted by Gasteiger charge is 2.90. The zero-order valence-corrected chi connectivity index (χ0v) is 18.4. The molecule has 1 aliphatic carbocycles. The third kappa shape index (κ3) is 3.01. The Morgan fingerprint density at radius 1 is 1.06 bits per heavy atom. The molecular formula is C26H18FNO7. The maximum Gasteiger partial charge on any atom is 0.330 e. The molecule has 9 heteroatoms. The molecule has 0 aromatic heterocycles. The monoisotopic (exact) mass is 475 g/mol. The van der Waals surface area contributed by atoms with Gasteiger partial charge in [0.1, 0.15) is 17.3 Å². The van der Waals surface area contributed by atoms with E-state index in [9.17, 15) is 28.9 Å². The van der Waals surface area contributed by atoms with Crippen LogP contribution in [0.15, 0.2) is 72.8 Å². The number of nitro benzene ring substituents is 1. The van der Waals surface area contributed by atoms with Crippen molar-refractivity contribution in [2.24, 2.45) is 10.8 Å². The molecular weight excluding hydrogens is 457 g/mol. The second-order valence-electron chi connectivity index (χ2n) is 8.47. The fraction of sp³-hybridized carbons (Fsp3) is 0.192. The first kappa shape index (κ1) is 22.4. The minimum Gasteiger partial charge on any atom is -0.426 e. The first-order valence-corrected chi connectivity index (χ1v) is 10.9. The first-order valence-electron chi connectivity index (χ1n) is 10.9. The van der Waals surface area contributed by atoms with Crippen LogP contribution in [-0.2, 0) is 9.59 Å². The van der Waals surface area contributed by atoms with Gasteiger partial charge in [0.2, 0.25) is 0 Å². The van der Waals surface area contributed by atoms with Gasteiger partial charge in [0.05, 0.1) is 10.3 Å². The van der Waals surface area contributed by atoms with Crippen LogP contribution in [0.5, 0.6) is 11.5 Å². The SMILES string of the molecule is CC[C@]1(C(=O)c2ccc(F)cc2)[C@H]2c3ccccc3OC(=O)[C@]21C(=O)Oc1ccc([N+](=O)[O-])cc1. The number of esters is 2. The zero-order valence-electron chi connectivity index (χ0n) is 18.4. The molecule has 1 heterocycles. The lowest BCUT2D eigenvalue weighted by Gasteiger charge is -2.23. The van der Waals surface area contributed by atoms with Gasteiger partial charge in [-0.25, -0.2) is 4.39 Å². The summed E-state index contributed by atoms with van der Waals surface area (Å²) in [6, 6.07) is 16.4. The average molecular weight is 475 g/mol. The number of carbonyl (C=O) groups is 3. The van der Waals surface area contributed by atoms with Gasteiger partial charge in [-0.1, -0.05) is 25.1 Å². The average Bonchev–Trinajstić information content (AvgIpc) is 3.51. The van der Waals surface area contributed by atoms with Crippen LogP contribution in [0, 0.1) is 26.8 Å². The Morgan fingerprint density at radius 3 is 2.34 bits per heavy atom. The Labute approximate surface area is 198 Å². The molecule has 0 radical (unpaired) electrons. The van der Waals surface area contributed by atoms with Crippen molar-refractivity contribution in [2.45, 2.75) is 19.3 Å². The second kappa shape index (κ2) is 7.83. The third-order valence-electron chi connectivity index (χ3n) is 6.95. The number of hydrogen-bond donors (Lipinski definition) is 0. The molecule has 0 amide bonds. The lowest BCUT2D eigenvalue weighted by atomic mass is 9.83. The lowest BCUT2D eigenvalue weighted by Crippen LogP contribution is -2.42. The summed E-state index contributed by atoms with van der Waals surface area (Å²) in [5.74, 6) is -3.56. The van der Waals surface area contributed by atoms with Crippen LogP contribution in [0.3, 0.4) is 0 Å². The molecule has 3 atom stereocenters. The minimum atomic E-state index is -1.97. The Balaban J connectivity index is 1.62. The minimum absolute atomic E-state index is 0.0217. The van der Waals surface area contributed by atoms with E-state index in [1.165, 1.54) is 24.3 Å². The van der Waals surface area contributed by atoms with Crippen LogP contribution in [0.25, 0.3) is 0 Å². The van der Waals surface area contributed by atoms with Crippen molar-refractivity contribution < 1.29 is 33.2 Å². The number of non-ortho nitro benzene ring substituents is 1. The summed E-state index contributed by atoms with van der Waals surface area (Å²) in [5.41, 5.74) is -3.02. The van der Waals surface area contributed by atoms with E-state index in [0.717, 1.165) is 24.3 Å². The summed E-state index contributed by atoms with van der Waals surface area (Å²) in [4.78, 5) is 51.3. The molecule has 0 saturated heterocycles. The highest BCUT2D eigenvalue weighted by Crippen LogP contribution is 2.80. The summed E-state index contributed by atoms with van der Waals surface area (Å²) in [6.45, 7) is 1.69. The number of fused-ring (bicyclic) bond motifs is 3. The Morgan fingerprint density at radius 2 is 1.71 bits per heavy atom. The van der Waals surface area contributed by atoms with Crippen molar-refractivity contribution in [3.05, 3.63) is 99.9 Å². The summed E-state index contributed by atoms with van der Waals surface area (Å²) >= 11 is 0. The molecule has 1 fully saturated rings. The summed E-state index contributed by atoms with van der Waals surface area (Å²) in [6.07, 6.45) is 0.104. The largest absolute Gasteiger partial charge is 0.426 e. The van der Waals surface area contributed by atoms with Crippen molar-refractivity contribution in [3.63, 3.8) is 0 Å². The number of halogens is 1. The number of carbonyl (C=O) groups excluding carboxylic acids is 3. The number of benzene rings is 3. The van der Waals surface area contributed by atoms with Gasteiger partial charge in [-0.15, -0.1) is 0 Å². The van der Waals surface area contributed by atoms with Gasteiger partial charge in [-0.2, -0.15) is 0 Å². The van der Waals surface area contributed by atoms with E-state index in [0.29, 0.717) is 5.56 Å². The molecule has 3 aromatic carbocycles. The maximum absolute atomic E-state index is 13.9. The van der Waals surface area contributed by atoms with Crippen LogP contribution in [0.4, 0.5) is 10.1 Å². The maximum atomic E-state index is 13.9. The van der Waals surface area contributed by atoms with Crippen molar-refractivity contribution in [1.82, 2.24) is 0 Å². The van der Waals surface area contributed by atoms with Crippen molar-refractivity contribution in [3.8, 4) is 11.5 Å². The number of Topliss-reactive ketones (excluding diaryl/α,β-unsaturated/α-hetero) is 1. The van der Waals surface area contributed by atoms with Gasteiger partial charge in [0.15, 0.2) is 11.2 Å². The molecule has 1 aliphatic heterocycles. The molecule has 3 aromatic rings. The molecule has 8 nitrogen and oxygen atoms in total. The van der Waals surface area contributed by atoms with Gasteiger partial charge >= 0.3 is 11.9 Å². The van der Waals surface area contributed by atoms with Gasteiger partial charge in [-0.3, -0.25) is 24.5 Å². The number of ketones is 1. The van der Waals surface area contributed by atoms with Crippen molar-refractivity contribution >= 4 is 23.4 Å². The van der Waals surface area contributed by atoms with E-state index in [4.69, 9.17) is 9.47 Å². The first-order chi connectivity index (χ1) is 16.8. The van der Waals surface area contributed by atoms with Crippen molar-refractivity contribution in [1.29, 1.82) is 0 Å². The smallest absolute Gasteiger partial charge is 0.330 e. The van der Waals surface area contributed by atoms with Gasteiger partial charge in [-0.05, 0) is 48.9 Å². The number of nitrogens with zero attached hydrogens (tertiary/aromatic N) is 1. The Kier molecular flexibility index (Phi) is 5.01. The van der Waals surface area contributed by atoms with Crippen molar-refractivity contribution in [2.75, 3.05) is 0 Å². The Bertz CT molecular complexity index is 1390. The second-order valence-corrected chi connectivity index (χ2v) is 8.47. The third-order valence-corrected chi connectivity index (χ3v) is 6.95. The number of rotatable bonds is 6. The summed E-state index contributed by atoms with van der Waals surface area (Å²) in [7, 11) is 0. The van der Waals surface area contributed by atoms with Gasteiger partial charge < -0.3 is 9.47 Å². The molecule has 5 rings (SSSR count).